The van der Waals surface area contributed by atoms with E-state index < -0.39 is 0 Å². The molecule has 0 aromatic rings. The summed E-state index contributed by atoms with van der Waals surface area (Å²) in [7, 11) is 1.72. The lowest BCUT2D eigenvalue weighted by Gasteiger charge is -2.27. The van der Waals surface area contributed by atoms with Crippen LogP contribution in [0.3, 0.4) is 0 Å². The minimum absolute atomic E-state index is 0.213. The van der Waals surface area contributed by atoms with E-state index in [0.717, 1.165) is 51.8 Å². The van der Waals surface area contributed by atoms with Crippen molar-refractivity contribution >= 4 is 5.91 Å². The maximum Gasteiger partial charge on any atom is 0.223 e. The topological polar surface area (TPSA) is 50.4 Å². The number of hydrogen-bond acceptors (Lipinski definition) is 3. The van der Waals surface area contributed by atoms with Crippen LogP contribution in [-0.4, -0.2) is 38.8 Å². The highest BCUT2D eigenvalue weighted by Crippen LogP contribution is 2.15. The molecular formula is C13H26N2O2. The fourth-order valence-electron chi connectivity index (χ4n) is 2.27. The zero-order valence-corrected chi connectivity index (χ0v) is 11.1. The Labute approximate surface area is 104 Å². The Hall–Kier alpha value is -0.610. The van der Waals surface area contributed by atoms with E-state index >= 15 is 0 Å². The van der Waals surface area contributed by atoms with E-state index in [0.29, 0.717) is 6.04 Å². The van der Waals surface area contributed by atoms with Gasteiger partial charge in [0.15, 0.2) is 0 Å². The molecule has 1 rings (SSSR count). The van der Waals surface area contributed by atoms with Gasteiger partial charge in [-0.2, -0.15) is 0 Å². The maximum atomic E-state index is 11.9. The summed E-state index contributed by atoms with van der Waals surface area (Å²) in [6.45, 7) is 4.73. The molecule has 0 unspecified atom stereocenters. The van der Waals surface area contributed by atoms with Gasteiger partial charge in [0, 0.05) is 32.2 Å². The van der Waals surface area contributed by atoms with Gasteiger partial charge < -0.3 is 15.4 Å². The molecule has 1 heterocycles. The van der Waals surface area contributed by atoms with Crippen molar-refractivity contribution < 1.29 is 9.53 Å². The van der Waals surface area contributed by atoms with Crippen LogP contribution in [0.2, 0.25) is 0 Å². The summed E-state index contributed by atoms with van der Waals surface area (Å²) in [5.41, 5.74) is 0. The monoisotopic (exact) mass is 242 g/mol. The Morgan fingerprint density at radius 3 is 2.94 bits per heavy atom. The van der Waals surface area contributed by atoms with Crippen molar-refractivity contribution in [3.63, 3.8) is 0 Å². The van der Waals surface area contributed by atoms with Gasteiger partial charge in [0.25, 0.3) is 0 Å². The fourth-order valence-corrected chi connectivity index (χ4v) is 2.27. The largest absolute Gasteiger partial charge is 0.385 e. The molecule has 2 N–H and O–H groups in total. The Kier molecular flexibility index (Phi) is 7.21. The highest BCUT2D eigenvalue weighted by atomic mass is 16.5. The molecular weight excluding hydrogens is 216 g/mol. The molecule has 4 heteroatoms. The number of carbonyl (C=O) groups excluding carboxylic acids is 1. The number of hydrogen-bond donors (Lipinski definition) is 2. The Morgan fingerprint density at radius 1 is 1.41 bits per heavy atom. The van der Waals surface area contributed by atoms with E-state index in [2.05, 4.69) is 17.6 Å². The van der Waals surface area contributed by atoms with Gasteiger partial charge in [-0.15, -0.1) is 0 Å². The predicted octanol–water partition coefficient (Wildman–Crippen LogP) is 1.31. The van der Waals surface area contributed by atoms with Crippen LogP contribution in [0.5, 0.6) is 0 Å². The average molecular weight is 242 g/mol. The number of methoxy groups -OCH3 is 1. The van der Waals surface area contributed by atoms with Crippen LogP contribution in [-0.2, 0) is 9.53 Å². The minimum Gasteiger partial charge on any atom is -0.385 e. The third kappa shape index (κ3) is 6.03. The van der Waals surface area contributed by atoms with Crippen LogP contribution in [0.1, 0.15) is 39.0 Å². The molecule has 0 radical (unpaired) electrons. The molecule has 0 saturated carbocycles. The second-order valence-electron chi connectivity index (χ2n) is 4.92. The Morgan fingerprint density at radius 2 is 2.24 bits per heavy atom. The van der Waals surface area contributed by atoms with E-state index in [1.165, 1.54) is 0 Å². The molecule has 1 aliphatic rings. The average Bonchev–Trinajstić information content (AvgIpc) is 2.33. The normalized spacial score (nSPS) is 24.6. The summed E-state index contributed by atoms with van der Waals surface area (Å²) in [6, 6.07) is 0.473. The second-order valence-corrected chi connectivity index (χ2v) is 4.92. The first-order chi connectivity index (χ1) is 8.24. The SMILES string of the molecule is COCCCCCNC(=O)[C@H]1CCN[C@@H](C)C1. The highest BCUT2D eigenvalue weighted by Gasteiger charge is 2.23. The minimum atomic E-state index is 0.213. The summed E-state index contributed by atoms with van der Waals surface area (Å²) < 4.78 is 4.98. The van der Waals surface area contributed by atoms with Gasteiger partial charge >= 0.3 is 0 Å². The first kappa shape index (κ1) is 14.5. The molecule has 2 atom stereocenters. The summed E-state index contributed by atoms with van der Waals surface area (Å²) in [5, 5.41) is 6.41. The molecule has 4 nitrogen and oxygen atoms in total. The van der Waals surface area contributed by atoms with Gasteiger partial charge in [0.2, 0.25) is 5.91 Å². The van der Waals surface area contributed by atoms with E-state index in [1.54, 1.807) is 7.11 Å². The van der Waals surface area contributed by atoms with Crippen molar-refractivity contribution in [1.29, 1.82) is 0 Å². The van der Waals surface area contributed by atoms with Crippen LogP contribution < -0.4 is 10.6 Å². The zero-order valence-electron chi connectivity index (χ0n) is 11.1. The Bertz CT molecular complexity index is 221. The smallest absolute Gasteiger partial charge is 0.223 e. The number of rotatable bonds is 7. The predicted molar refractivity (Wildman–Crippen MR) is 68.9 cm³/mol. The number of piperidine rings is 1. The molecule has 1 fully saturated rings. The fraction of sp³-hybridized carbons (Fsp3) is 0.923. The third-order valence-corrected chi connectivity index (χ3v) is 3.32. The van der Waals surface area contributed by atoms with Crippen LogP contribution in [0.4, 0.5) is 0 Å². The van der Waals surface area contributed by atoms with Gasteiger partial charge in [-0.1, -0.05) is 0 Å². The van der Waals surface area contributed by atoms with Gasteiger partial charge in [-0.3, -0.25) is 4.79 Å². The molecule has 0 aromatic heterocycles. The number of amides is 1. The lowest BCUT2D eigenvalue weighted by atomic mass is 9.92. The third-order valence-electron chi connectivity index (χ3n) is 3.32. The molecule has 1 amide bonds. The summed E-state index contributed by atoms with van der Waals surface area (Å²) >= 11 is 0. The van der Waals surface area contributed by atoms with Crippen LogP contribution in [0, 0.1) is 5.92 Å². The van der Waals surface area contributed by atoms with E-state index in [-0.39, 0.29) is 11.8 Å². The molecule has 0 bridgehead atoms. The molecule has 0 aliphatic carbocycles. The summed E-state index contributed by atoms with van der Waals surface area (Å²) in [4.78, 5) is 11.9. The molecule has 100 valence electrons. The van der Waals surface area contributed by atoms with E-state index in [9.17, 15) is 4.79 Å². The summed E-state index contributed by atoms with van der Waals surface area (Å²) in [5.74, 6) is 0.454. The molecule has 1 saturated heterocycles. The van der Waals surface area contributed by atoms with Crippen molar-refractivity contribution in [2.75, 3.05) is 26.8 Å². The van der Waals surface area contributed by atoms with Gasteiger partial charge in [0.05, 0.1) is 0 Å². The van der Waals surface area contributed by atoms with Gasteiger partial charge in [-0.25, -0.2) is 0 Å². The van der Waals surface area contributed by atoms with Crippen LogP contribution >= 0.6 is 0 Å². The van der Waals surface area contributed by atoms with Crippen LogP contribution in [0.25, 0.3) is 0 Å². The van der Waals surface area contributed by atoms with Crippen LogP contribution in [0.15, 0.2) is 0 Å². The maximum absolute atomic E-state index is 11.9. The molecule has 17 heavy (non-hydrogen) atoms. The summed E-state index contributed by atoms with van der Waals surface area (Å²) in [6.07, 6.45) is 5.19. The first-order valence-corrected chi connectivity index (χ1v) is 6.74. The van der Waals surface area contributed by atoms with Crippen molar-refractivity contribution in [2.24, 2.45) is 5.92 Å². The van der Waals surface area contributed by atoms with Crippen molar-refractivity contribution in [2.45, 2.75) is 45.1 Å². The van der Waals surface area contributed by atoms with Crippen molar-refractivity contribution in [3.05, 3.63) is 0 Å². The standard InChI is InChI=1S/C13H26N2O2/c1-11-10-12(6-8-14-11)13(16)15-7-4-3-5-9-17-2/h11-12,14H,3-10H2,1-2H3,(H,15,16)/t11-,12-/m0/s1. The van der Waals surface area contributed by atoms with Crippen molar-refractivity contribution in [1.82, 2.24) is 10.6 Å². The number of nitrogens with one attached hydrogen (secondary N) is 2. The van der Waals surface area contributed by atoms with Gasteiger partial charge in [0.1, 0.15) is 0 Å². The molecule has 1 aliphatic heterocycles. The lowest BCUT2D eigenvalue weighted by Crippen LogP contribution is -2.42. The van der Waals surface area contributed by atoms with E-state index in [4.69, 9.17) is 4.74 Å². The first-order valence-electron chi connectivity index (χ1n) is 6.74. The number of carbonyl (C=O) groups is 1. The number of ether oxygens (including phenoxy) is 1. The molecule has 0 aromatic carbocycles. The van der Waals surface area contributed by atoms with E-state index in [1.807, 2.05) is 0 Å². The zero-order chi connectivity index (χ0) is 12.5. The highest BCUT2D eigenvalue weighted by molar-refractivity contribution is 5.78. The lowest BCUT2D eigenvalue weighted by molar-refractivity contribution is -0.126. The van der Waals surface area contributed by atoms with Crippen molar-refractivity contribution in [3.8, 4) is 0 Å². The molecule has 0 spiro atoms. The Balaban J connectivity index is 2.04. The quantitative estimate of drug-likeness (QED) is 0.662. The number of unbranched alkanes of at least 4 members (excludes halogenated alkanes) is 2. The van der Waals surface area contributed by atoms with Gasteiger partial charge in [-0.05, 0) is 45.6 Å². The second kappa shape index (κ2) is 8.48.